The van der Waals surface area contributed by atoms with Gasteiger partial charge in [0.25, 0.3) is 0 Å². The van der Waals surface area contributed by atoms with E-state index >= 15 is 0 Å². The second-order valence-electron chi connectivity index (χ2n) is 1.24. The zero-order valence-corrected chi connectivity index (χ0v) is 6.03. The fraction of sp³-hybridized carbons (Fsp3) is 0.500. The van der Waals surface area contributed by atoms with Gasteiger partial charge in [-0.15, -0.1) is 18.2 Å². The van der Waals surface area contributed by atoms with Gasteiger partial charge in [0.2, 0.25) is 0 Å². The van der Waals surface area contributed by atoms with Crippen LogP contribution in [0.5, 0.6) is 0 Å². The monoisotopic (exact) mass is 134 g/mol. The van der Waals surface area contributed by atoms with Crippen molar-refractivity contribution >= 4 is 17.4 Å². The van der Waals surface area contributed by atoms with E-state index in [2.05, 4.69) is 6.58 Å². The first kappa shape index (κ1) is 10.6. The lowest BCUT2D eigenvalue weighted by Crippen LogP contribution is -1.86. The molecule has 0 saturated heterocycles. The van der Waals surface area contributed by atoms with Crippen molar-refractivity contribution in [3.05, 3.63) is 12.7 Å². The first-order valence-corrected chi connectivity index (χ1v) is 2.85. The van der Waals surface area contributed by atoms with E-state index in [1.807, 2.05) is 6.92 Å². The molecule has 0 aromatic carbocycles. The van der Waals surface area contributed by atoms with Crippen LogP contribution < -0.4 is 0 Å². The Hall–Kier alpha value is -0.300. The van der Waals surface area contributed by atoms with Crippen LogP contribution in [0.4, 0.5) is 0 Å². The number of carbonyl (C=O) groups is 1. The van der Waals surface area contributed by atoms with Gasteiger partial charge in [0.05, 0.1) is 5.88 Å². The van der Waals surface area contributed by atoms with Crippen molar-refractivity contribution in [2.24, 2.45) is 0 Å². The summed E-state index contributed by atoms with van der Waals surface area (Å²) in [5.41, 5.74) is 0. The maximum atomic E-state index is 9.68. The van der Waals surface area contributed by atoms with Gasteiger partial charge in [-0.05, 0) is 13.8 Å². The number of carbonyl (C=O) groups excluding carboxylic acids is 1. The second-order valence-corrected chi connectivity index (χ2v) is 1.51. The number of halogens is 1. The van der Waals surface area contributed by atoms with Gasteiger partial charge in [-0.1, -0.05) is 6.08 Å². The first-order chi connectivity index (χ1) is 3.68. The molecule has 8 heavy (non-hydrogen) atoms. The number of hydrogen-bond donors (Lipinski definition) is 0. The van der Waals surface area contributed by atoms with Crippen molar-refractivity contribution in [3.63, 3.8) is 0 Å². The number of ketones is 1. The van der Waals surface area contributed by atoms with E-state index in [1.165, 1.54) is 6.92 Å². The molecule has 0 aliphatic heterocycles. The van der Waals surface area contributed by atoms with Crippen LogP contribution in [0, 0.1) is 0 Å². The standard InChI is InChI=1S/C3H5ClO.C3H6/c1-3(5)2-4;1-3-2/h2H2,1H3;3H,1H2,2H3. The lowest BCUT2D eigenvalue weighted by atomic mass is 10.5. The number of Topliss-reactive ketones (excluding diaryl/α,β-unsaturated/α-hetero) is 1. The van der Waals surface area contributed by atoms with Gasteiger partial charge in [-0.25, -0.2) is 0 Å². The molecular weight excluding hydrogens is 124 g/mol. The van der Waals surface area contributed by atoms with Crippen LogP contribution in [-0.2, 0) is 4.79 Å². The molecule has 2 heteroatoms. The van der Waals surface area contributed by atoms with E-state index < -0.39 is 0 Å². The van der Waals surface area contributed by atoms with Crippen molar-refractivity contribution in [1.29, 1.82) is 0 Å². The van der Waals surface area contributed by atoms with Gasteiger partial charge < -0.3 is 0 Å². The minimum atomic E-state index is 0.0201. The SMILES string of the molecule is C=CC.CC(=O)CCl. The second kappa shape index (κ2) is 9.85. The topological polar surface area (TPSA) is 17.1 Å². The molecule has 0 radical (unpaired) electrons. The highest BCUT2D eigenvalue weighted by molar-refractivity contribution is 6.27. The van der Waals surface area contributed by atoms with Crippen LogP contribution in [0.1, 0.15) is 13.8 Å². The van der Waals surface area contributed by atoms with Crippen LogP contribution in [0.25, 0.3) is 0 Å². The minimum Gasteiger partial charge on any atom is -0.299 e. The van der Waals surface area contributed by atoms with E-state index in [9.17, 15) is 4.79 Å². The van der Waals surface area contributed by atoms with E-state index in [1.54, 1.807) is 6.08 Å². The summed E-state index contributed by atoms with van der Waals surface area (Å²) < 4.78 is 0. The molecule has 0 atom stereocenters. The number of allylic oxidation sites excluding steroid dienone is 1. The third kappa shape index (κ3) is 43.6. The molecule has 0 bridgehead atoms. The van der Waals surface area contributed by atoms with Gasteiger partial charge in [0.1, 0.15) is 5.78 Å². The quantitative estimate of drug-likeness (QED) is 0.396. The molecule has 0 N–H and O–H groups in total. The summed E-state index contributed by atoms with van der Waals surface area (Å²) >= 11 is 4.99. The zero-order valence-electron chi connectivity index (χ0n) is 5.28. The summed E-state index contributed by atoms with van der Waals surface area (Å²) in [5, 5.41) is 0. The van der Waals surface area contributed by atoms with Crippen molar-refractivity contribution in [1.82, 2.24) is 0 Å². The molecule has 0 aliphatic rings. The molecular formula is C6H11ClO. The van der Waals surface area contributed by atoms with E-state index in [0.29, 0.717) is 0 Å². The van der Waals surface area contributed by atoms with Gasteiger partial charge in [0.15, 0.2) is 0 Å². The van der Waals surface area contributed by atoms with Gasteiger partial charge >= 0.3 is 0 Å². The molecule has 0 unspecified atom stereocenters. The van der Waals surface area contributed by atoms with E-state index in [-0.39, 0.29) is 11.7 Å². The fourth-order valence-corrected chi connectivity index (χ4v) is 0. The predicted molar refractivity (Wildman–Crippen MR) is 37.3 cm³/mol. The molecule has 0 spiro atoms. The van der Waals surface area contributed by atoms with Crippen LogP contribution in [-0.4, -0.2) is 11.7 Å². The highest BCUT2D eigenvalue weighted by atomic mass is 35.5. The Balaban J connectivity index is 0. The van der Waals surface area contributed by atoms with Crippen molar-refractivity contribution < 1.29 is 4.79 Å². The average molecular weight is 135 g/mol. The Morgan fingerprint density at radius 2 is 2.00 bits per heavy atom. The Kier molecular flexibility index (Phi) is 13.1. The maximum Gasteiger partial charge on any atom is 0.144 e. The molecule has 1 nitrogen and oxygen atoms in total. The molecule has 0 aromatic rings. The minimum absolute atomic E-state index is 0.0201. The summed E-state index contributed by atoms with van der Waals surface area (Å²) in [6.07, 6.45) is 1.75. The highest BCUT2D eigenvalue weighted by Gasteiger charge is 1.79. The summed E-state index contributed by atoms with van der Waals surface area (Å²) in [6, 6.07) is 0. The predicted octanol–water partition coefficient (Wildman–Crippen LogP) is 2.01. The summed E-state index contributed by atoms with van der Waals surface area (Å²) in [4.78, 5) is 9.68. The number of alkyl halides is 1. The molecule has 0 heterocycles. The smallest absolute Gasteiger partial charge is 0.144 e. The zero-order chi connectivity index (χ0) is 6.99. The highest BCUT2D eigenvalue weighted by Crippen LogP contribution is 1.71. The first-order valence-electron chi connectivity index (χ1n) is 2.31. The van der Waals surface area contributed by atoms with Crippen LogP contribution in [0.15, 0.2) is 12.7 Å². The normalized spacial score (nSPS) is 6.38. The lowest BCUT2D eigenvalue weighted by Gasteiger charge is -1.69. The Labute approximate surface area is 55.3 Å². The molecule has 0 aliphatic carbocycles. The van der Waals surface area contributed by atoms with Crippen LogP contribution in [0.2, 0.25) is 0 Å². The number of hydrogen-bond acceptors (Lipinski definition) is 1. The molecule has 0 fully saturated rings. The van der Waals surface area contributed by atoms with Crippen molar-refractivity contribution in [3.8, 4) is 0 Å². The maximum absolute atomic E-state index is 9.68. The molecule has 0 amide bonds. The van der Waals surface area contributed by atoms with Gasteiger partial charge in [0, 0.05) is 0 Å². The summed E-state index contributed by atoms with van der Waals surface area (Å²) in [7, 11) is 0. The Morgan fingerprint density at radius 3 is 2.00 bits per heavy atom. The van der Waals surface area contributed by atoms with E-state index in [4.69, 9.17) is 11.6 Å². The van der Waals surface area contributed by atoms with Gasteiger partial charge in [-0.3, -0.25) is 4.79 Å². The lowest BCUT2D eigenvalue weighted by molar-refractivity contribution is -0.114. The van der Waals surface area contributed by atoms with Crippen LogP contribution >= 0.6 is 11.6 Å². The summed E-state index contributed by atoms with van der Waals surface area (Å²) in [5.74, 6) is 0.159. The fourth-order valence-electron chi connectivity index (χ4n) is 0. The third-order valence-corrected chi connectivity index (χ3v) is 0.565. The van der Waals surface area contributed by atoms with Crippen LogP contribution in [0.3, 0.4) is 0 Å². The molecule has 0 aromatic heterocycles. The van der Waals surface area contributed by atoms with Crippen molar-refractivity contribution in [2.75, 3.05) is 5.88 Å². The Morgan fingerprint density at radius 1 is 1.88 bits per heavy atom. The summed E-state index contributed by atoms with van der Waals surface area (Å²) in [6.45, 7) is 6.70. The average Bonchev–Trinajstić information content (AvgIpc) is 1.69. The molecule has 48 valence electrons. The number of rotatable bonds is 1. The molecule has 0 saturated carbocycles. The largest absolute Gasteiger partial charge is 0.299 e. The third-order valence-electron chi connectivity index (χ3n) is 0.188. The van der Waals surface area contributed by atoms with Gasteiger partial charge in [-0.2, -0.15) is 0 Å². The molecule has 0 rings (SSSR count). The van der Waals surface area contributed by atoms with E-state index in [0.717, 1.165) is 0 Å². The Bertz CT molecular complexity index is 68.9. The van der Waals surface area contributed by atoms with Crippen molar-refractivity contribution in [2.45, 2.75) is 13.8 Å².